The van der Waals surface area contributed by atoms with Gasteiger partial charge in [-0.1, -0.05) is 25.6 Å². The molecule has 0 amide bonds. The molecule has 3 nitrogen and oxygen atoms in total. The van der Waals surface area contributed by atoms with Crippen LogP contribution in [-0.2, 0) is 0 Å². The fourth-order valence-electron chi connectivity index (χ4n) is 1.91. The van der Waals surface area contributed by atoms with Gasteiger partial charge in [0.2, 0.25) is 0 Å². The van der Waals surface area contributed by atoms with Gasteiger partial charge in [-0.25, -0.2) is 0 Å². The minimum absolute atomic E-state index is 0.543. The molecule has 1 aliphatic rings. The molecule has 1 unspecified atom stereocenters. The Kier molecular flexibility index (Phi) is 5.22. The quantitative estimate of drug-likeness (QED) is 0.526. The standard InChI is InChI=1S/C12H22N2OS/c1-4-7-8-13-9-10(11(15)12(9)16)14(5-2)6-3/h11,13,15H,4-8H2,1-3H3. The molecule has 1 rings (SSSR count). The first kappa shape index (κ1) is 13.5. The molecular formula is C12H22N2OS. The second-order valence-corrected chi connectivity index (χ2v) is 4.42. The molecule has 0 aliphatic heterocycles. The highest BCUT2D eigenvalue weighted by molar-refractivity contribution is 7.81. The predicted octanol–water partition coefficient (Wildman–Crippen LogP) is 1.67. The van der Waals surface area contributed by atoms with Crippen molar-refractivity contribution < 1.29 is 5.11 Å². The molecule has 1 atom stereocenters. The van der Waals surface area contributed by atoms with Crippen molar-refractivity contribution in [2.45, 2.75) is 39.7 Å². The first-order valence-electron chi connectivity index (χ1n) is 6.12. The van der Waals surface area contributed by atoms with Crippen LogP contribution in [0.1, 0.15) is 33.6 Å². The maximum atomic E-state index is 9.86. The molecular weight excluding hydrogens is 220 g/mol. The number of hydrogen-bond acceptors (Lipinski definition) is 4. The van der Waals surface area contributed by atoms with E-state index < -0.39 is 6.10 Å². The summed E-state index contributed by atoms with van der Waals surface area (Å²) in [6, 6.07) is 0. The zero-order chi connectivity index (χ0) is 12.1. The molecule has 0 heterocycles. The van der Waals surface area contributed by atoms with E-state index in [1.54, 1.807) is 0 Å². The van der Waals surface area contributed by atoms with Crippen LogP contribution in [0.15, 0.2) is 11.4 Å². The second-order valence-electron chi connectivity index (χ2n) is 3.98. The van der Waals surface area contributed by atoms with E-state index in [0.29, 0.717) is 4.86 Å². The van der Waals surface area contributed by atoms with Gasteiger partial charge >= 0.3 is 0 Å². The maximum Gasteiger partial charge on any atom is 0.133 e. The van der Waals surface area contributed by atoms with E-state index >= 15 is 0 Å². The summed E-state index contributed by atoms with van der Waals surface area (Å²) in [5.74, 6) is 0. The van der Waals surface area contributed by atoms with Crippen molar-refractivity contribution in [1.29, 1.82) is 0 Å². The summed E-state index contributed by atoms with van der Waals surface area (Å²) in [5.41, 5.74) is 1.96. The maximum absolute atomic E-state index is 9.86. The van der Waals surface area contributed by atoms with Crippen molar-refractivity contribution in [3.8, 4) is 0 Å². The minimum Gasteiger partial charge on any atom is -0.383 e. The molecule has 0 aromatic rings. The molecule has 4 heteroatoms. The Morgan fingerprint density at radius 1 is 1.31 bits per heavy atom. The van der Waals surface area contributed by atoms with Crippen LogP contribution in [0.5, 0.6) is 0 Å². The van der Waals surface area contributed by atoms with Crippen molar-refractivity contribution in [1.82, 2.24) is 10.2 Å². The summed E-state index contributed by atoms with van der Waals surface area (Å²) in [5, 5.41) is 13.2. The van der Waals surface area contributed by atoms with Crippen molar-refractivity contribution in [3.63, 3.8) is 0 Å². The van der Waals surface area contributed by atoms with Gasteiger partial charge < -0.3 is 15.3 Å². The predicted molar refractivity (Wildman–Crippen MR) is 71.5 cm³/mol. The van der Waals surface area contributed by atoms with E-state index in [1.165, 1.54) is 0 Å². The van der Waals surface area contributed by atoms with Crippen molar-refractivity contribution >= 4 is 17.1 Å². The SMILES string of the molecule is CCCCNC1=C(N(CC)CC)C(O)C1=S. The Balaban J connectivity index is 2.70. The van der Waals surface area contributed by atoms with Gasteiger partial charge in [-0.3, -0.25) is 0 Å². The fraction of sp³-hybridized carbons (Fsp3) is 0.750. The van der Waals surface area contributed by atoms with Gasteiger partial charge in [-0.2, -0.15) is 0 Å². The third kappa shape index (κ3) is 2.55. The van der Waals surface area contributed by atoms with Crippen LogP contribution in [0.4, 0.5) is 0 Å². The first-order chi connectivity index (χ1) is 7.67. The molecule has 2 N–H and O–H groups in total. The van der Waals surface area contributed by atoms with Gasteiger partial charge in [-0.05, 0) is 20.3 Å². The Bertz CT molecular complexity index is 285. The van der Waals surface area contributed by atoms with Crippen LogP contribution in [0.3, 0.4) is 0 Å². The lowest BCUT2D eigenvalue weighted by molar-refractivity contribution is 0.205. The summed E-state index contributed by atoms with van der Waals surface area (Å²) in [6.45, 7) is 9.09. The second kappa shape index (κ2) is 6.21. The van der Waals surface area contributed by atoms with E-state index in [9.17, 15) is 5.11 Å². The smallest absolute Gasteiger partial charge is 0.133 e. The van der Waals surface area contributed by atoms with E-state index in [2.05, 4.69) is 31.0 Å². The number of likely N-dealkylation sites (N-methyl/N-ethyl adjacent to an activating group) is 1. The number of unbranched alkanes of at least 4 members (excludes halogenated alkanes) is 1. The topological polar surface area (TPSA) is 35.5 Å². The normalized spacial score (nSPS) is 19.8. The summed E-state index contributed by atoms with van der Waals surface area (Å²) < 4.78 is 0. The molecule has 0 aromatic carbocycles. The van der Waals surface area contributed by atoms with Crippen molar-refractivity contribution in [2.75, 3.05) is 19.6 Å². The zero-order valence-corrected chi connectivity index (χ0v) is 11.2. The van der Waals surface area contributed by atoms with Crippen LogP contribution in [0.25, 0.3) is 0 Å². The molecule has 0 spiro atoms. The average molecular weight is 242 g/mol. The Labute approximate surface area is 104 Å². The fourth-order valence-corrected chi connectivity index (χ4v) is 2.20. The molecule has 92 valence electrons. The summed E-state index contributed by atoms with van der Waals surface area (Å²) >= 11 is 5.17. The zero-order valence-electron chi connectivity index (χ0n) is 10.4. The summed E-state index contributed by atoms with van der Waals surface area (Å²) in [6.07, 6.45) is 1.75. The first-order valence-corrected chi connectivity index (χ1v) is 6.53. The monoisotopic (exact) mass is 242 g/mol. The van der Waals surface area contributed by atoms with Crippen molar-refractivity contribution in [3.05, 3.63) is 11.4 Å². The molecule has 16 heavy (non-hydrogen) atoms. The average Bonchev–Trinajstić information content (AvgIpc) is 2.32. The van der Waals surface area contributed by atoms with Crippen LogP contribution < -0.4 is 5.32 Å². The summed E-state index contributed by atoms with van der Waals surface area (Å²) in [7, 11) is 0. The number of aliphatic hydroxyl groups excluding tert-OH is 1. The van der Waals surface area contributed by atoms with Gasteiger partial charge in [0, 0.05) is 19.6 Å². The van der Waals surface area contributed by atoms with Crippen LogP contribution in [0, 0.1) is 0 Å². The van der Waals surface area contributed by atoms with Gasteiger partial charge in [0.25, 0.3) is 0 Å². The van der Waals surface area contributed by atoms with Crippen LogP contribution in [0.2, 0.25) is 0 Å². The van der Waals surface area contributed by atoms with E-state index in [-0.39, 0.29) is 0 Å². The number of nitrogens with zero attached hydrogens (tertiary/aromatic N) is 1. The minimum atomic E-state index is -0.543. The Morgan fingerprint density at radius 2 is 1.94 bits per heavy atom. The summed E-state index contributed by atoms with van der Waals surface area (Å²) in [4.78, 5) is 2.83. The third-order valence-electron chi connectivity index (χ3n) is 2.95. The lowest BCUT2D eigenvalue weighted by atomic mass is 9.95. The highest BCUT2D eigenvalue weighted by atomic mass is 32.1. The van der Waals surface area contributed by atoms with Gasteiger partial charge in [-0.15, -0.1) is 0 Å². The number of aliphatic hydroxyl groups is 1. The number of rotatable bonds is 7. The number of thiocarbonyl (C=S) groups is 1. The molecule has 0 aromatic heterocycles. The van der Waals surface area contributed by atoms with Crippen molar-refractivity contribution in [2.24, 2.45) is 0 Å². The van der Waals surface area contributed by atoms with Gasteiger partial charge in [0.15, 0.2) is 0 Å². The molecule has 1 aliphatic carbocycles. The molecule has 0 fully saturated rings. The van der Waals surface area contributed by atoms with Gasteiger partial charge in [0.05, 0.1) is 16.3 Å². The number of hydrogen-bond donors (Lipinski definition) is 2. The highest BCUT2D eigenvalue weighted by Gasteiger charge is 2.36. The lowest BCUT2D eigenvalue weighted by Crippen LogP contribution is -2.48. The Morgan fingerprint density at radius 3 is 2.44 bits per heavy atom. The molecule has 0 saturated carbocycles. The van der Waals surface area contributed by atoms with Gasteiger partial charge in [0.1, 0.15) is 6.10 Å². The largest absolute Gasteiger partial charge is 0.383 e. The lowest BCUT2D eigenvalue weighted by Gasteiger charge is -2.38. The van der Waals surface area contributed by atoms with Crippen LogP contribution >= 0.6 is 12.2 Å². The number of nitrogens with one attached hydrogen (secondary N) is 1. The highest BCUT2D eigenvalue weighted by Crippen LogP contribution is 2.27. The molecule has 0 bridgehead atoms. The Hall–Kier alpha value is -0.610. The molecule has 0 radical (unpaired) electrons. The van der Waals surface area contributed by atoms with E-state index in [1.807, 2.05) is 0 Å². The van der Waals surface area contributed by atoms with E-state index in [0.717, 1.165) is 43.9 Å². The third-order valence-corrected chi connectivity index (χ3v) is 3.37. The van der Waals surface area contributed by atoms with Crippen LogP contribution in [-0.4, -0.2) is 40.6 Å². The molecule has 0 saturated heterocycles. The van der Waals surface area contributed by atoms with E-state index in [4.69, 9.17) is 12.2 Å².